The Morgan fingerprint density at radius 3 is 2.58 bits per heavy atom. The zero-order valence-electron chi connectivity index (χ0n) is 13.1. The van der Waals surface area contributed by atoms with Gasteiger partial charge in [0.15, 0.2) is 0 Å². The maximum absolute atomic E-state index is 6.36. The Morgan fingerprint density at radius 1 is 1.12 bits per heavy atom. The molecule has 0 saturated carbocycles. The number of alkyl halides is 1. The van der Waals surface area contributed by atoms with Crippen LogP contribution in [-0.4, -0.2) is 29.7 Å². The average molecular weight is 359 g/mol. The van der Waals surface area contributed by atoms with Crippen molar-refractivity contribution in [1.82, 2.24) is 5.43 Å². The maximum atomic E-state index is 6.36. The molecule has 0 aliphatic carbocycles. The first-order valence-electron chi connectivity index (χ1n) is 7.50. The van der Waals surface area contributed by atoms with Crippen molar-refractivity contribution in [3.8, 4) is 0 Å². The summed E-state index contributed by atoms with van der Waals surface area (Å²) < 4.78 is 0. The van der Waals surface area contributed by atoms with Crippen LogP contribution in [0.5, 0.6) is 0 Å². The van der Waals surface area contributed by atoms with Crippen molar-refractivity contribution in [2.24, 2.45) is 15.1 Å². The number of hydrogen-bond donors (Lipinski definition) is 1. The van der Waals surface area contributed by atoms with Crippen LogP contribution in [0, 0.1) is 0 Å². The SMILES string of the molecule is CC(CCl)=NNC1=Nc2ccccc2C(c2ccccc2Cl)=NC1. The van der Waals surface area contributed by atoms with Gasteiger partial charge >= 0.3 is 0 Å². The number of aliphatic imine (C=N–C) groups is 2. The summed E-state index contributed by atoms with van der Waals surface area (Å²) in [4.78, 5) is 9.37. The van der Waals surface area contributed by atoms with E-state index in [1.807, 2.05) is 55.5 Å². The molecule has 0 unspecified atom stereocenters. The summed E-state index contributed by atoms with van der Waals surface area (Å²) in [6.45, 7) is 2.23. The Balaban J connectivity index is 2.03. The van der Waals surface area contributed by atoms with Gasteiger partial charge in [-0.3, -0.25) is 10.4 Å². The second-order valence-electron chi connectivity index (χ2n) is 5.31. The molecule has 0 aromatic heterocycles. The van der Waals surface area contributed by atoms with Crippen LogP contribution in [-0.2, 0) is 0 Å². The summed E-state index contributed by atoms with van der Waals surface area (Å²) in [6.07, 6.45) is 0. The van der Waals surface area contributed by atoms with Crippen LogP contribution in [0.1, 0.15) is 18.1 Å². The van der Waals surface area contributed by atoms with E-state index in [0.29, 0.717) is 23.3 Å². The minimum Gasteiger partial charge on any atom is -0.276 e. The van der Waals surface area contributed by atoms with Crippen molar-refractivity contribution in [3.05, 3.63) is 64.7 Å². The molecule has 0 bridgehead atoms. The first-order valence-corrected chi connectivity index (χ1v) is 8.41. The smallest absolute Gasteiger partial charge is 0.144 e. The van der Waals surface area contributed by atoms with Gasteiger partial charge in [0.2, 0.25) is 0 Å². The van der Waals surface area contributed by atoms with Crippen molar-refractivity contribution < 1.29 is 0 Å². The monoisotopic (exact) mass is 358 g/mol. The molecule has 0 amide bonds. The lowest BCUT2D eigenvalue weighted by atomic mass is 10.0. The van der Waals surface area contributed by atoms with Gasteiger partial charge in [-0.15, -0.1) is 11.6 Å². The summed E-state index contributed by atoms with van der Waals surface area (Å²) >= 11 is 12.1. The molecule has 0 atom stereocenters. The van der Waals surface area contributed by atoms with E-state index >= 15 is 0 Å². The fourth-order valence-corrected chi connectivity index (χ4v) is 2.61. The molecule has 2 aromatic carbocycles. The molecule has 0 saturated heterocycles. The number of nitrogens with zero attached hydrogens (tertiary/aromatic N) is 3. The number of nitrogens with one attached hydrogen (secondary N) is 1. The highest BCUT2D eigenvalue weighted by Crippen LogP contribution is 2.27. The highest BCUT2D eigenvalue weighted by atomic mass is 35.5. The molecular formula is C18H16Cl2N4. The van der Waals surface area contributed by atoms with Crippen LogP contribution in [0.4, 0.5) is 5.69 Å². The first kappa shape index (κ1) is 16.7. The van der Waals surface area contributed by atoms with Gasteiger partial charge in [0.05, 0.1) is 23.8 Å². The molecule has 1 aliphatic rings. The maximum Gasteiger partial charge on any atom is 0.144 e. The normalized spacial score (nSPS) is 14.4. The van der Waals surface area contributed by atoms with Crippen LogP contribution < -0.4 is 5.43 Å². The fourth-order valence-electron chi connectivity index (χ4n) is 2.32. The number of fused-ring (bicyclic) bond motifs is 1. The highest BCUT2D eigenvalue weighted by Gasteiger charge is 2.17. The quantitative estimate of drug-likeness (QED) is 0.492. The van der Waals surface area contributed by atoms with Gasteiger partial charge in [0, 0.05) is 21.9 Å². The summed E-state index contributed by atoms with van der Waals surface area (Å²) in [7, 11) is 0. The van der Waals surface area contributed by atoms with Crippen molar-refractivity contribution in [3.63, 3.8) is 0 Å². The zero-order valence-corrected chi connectivity index (χ0v) is 14.6. The Labute approximate surface area is 150 Å². The molecule has 6 heteroatoms. The molecule has 1 heterocycles. The summed E-state index contributed by atoms with van der Waals surface area (Å²) in [6, 6.07) is 15.5. The van der Waals surface area contributed by atoms with Gasteiger partial charge < -0.3 is 0 Å². The molecule has 1 aliphatic heterocycles. The molecule has 3 rings (SSSR count). The average Bonchev–Trinajstić information content (AvgIpc) is 2.79. The third-order valence-electron chi connectivity index (χ3n) is 3.50. The van der Waals surface area contributed by atoms with E-state index in [9.17, 15) is 0 Å². The van der Waals surface area contributed by atoms with Crippen molar-refractivity contribution in [2.75, 3.05) is 12.4 Å². The van der Waals surface area contributed by atoms with E-state index in [1.54, 1.807) is 0 Å². The largest absolute Gasteiger partial charge is 0.276 e. The number of halogens is 2. The summed E-state index contributed by atoms with van der Waals surface area (Å²) in [5, 5.41) is 4.87. The molecule has 2 aromatic rings. The predicted molar refractivity (Wildman–Crippen MR) is 102 cm³/mol. The fraction of sp³-hybridized carbons (Fsp3) is 0.167. The molecule has 4 nitrogen and oxygen atoms in total. The molecular weight excluding hydrogens is 343 g/mol. The van der Waals surface area contributed by atoms with Crippen LogP contribution >= 0.6 is 23.2 Å². The second-order valence-corrected chi connectivity index (χ2v) is 5.99. The molecule has 0 fully saturated rings. The van der Waals surface area contributed by atoms with Crippen molar-refractivity contribution >= 4 is 46.1 Å². The Morgan fingerprint density at radius 2 is 1.83 bits per heavy atom. The predicted octanol–water partition coefficient (Wildman–Crippen LogP) is 4.43. The van der Waals surface area contributed by atoms with Gasteiger partial charge in [-0.25, -0.2) is 4.99 Å². The zero-order chi connectivity index (χ0) is 16.9. The summed E-state index contributed by atoms with van der Waals surface area (Å²) in [5.41, 5.74) is 7.23. The number of rotatable bonds is 3. The van der Waals surface area contributed by atoms with Gasteiger partial charge in [0.1, 0.15) is 5.84 Å². The third-order valence-corrected chi connectivity index (χ3v) is 4.22. The standard InChI is InChI=1S/C18H16Cl2N4/c1-12(10-19)23-24-17-11-21-18(13-6-2-4-8-15(13)20)14-7-3-5-9-16(14)22-17/h2-9H,10-11H2,1H3,(H,22,24). The Kier molecular flexibility index (Phi) is 5.28. The third kappa shape index (κ3) is 3.66. The lowest BCUT2D eigenvalue weighted by Crippen LogP contribution is -2.22. The lowest BCUT2D eigenvalue weighted by molar-refractivity contribution is 0.987. The van der Waals surface area contributed by atoms with Gasteiger partial charge in [0.25, 0.3) is 0 Å². The highest BCUT2D eigenvalue weighted by molar-refractivity contribution is 6.36. The van der Waals surface area contributed by atoms with Crippen LogP contribution in [0.2, 0.25) is 5.02 Å². The Hall–Kier alpha value is -2.17. The molecule has 0 radical (unpaired) electrons. The Bertz CT molecular complexity index is 840. The molecule has 1 N–H and O–H groups in total. The molecule has 122 valence electrons. The number of para-hydroxylation sites is 1. The first-order chi connectivity index (χ1) is 11.7. The van der Waals surface area contributed by atoms with Crippen LogP contribution in [0.3, 0.4) is 0 Å². The van der Waals surface area contributed by atoms with Crippen molar-refractivity contribution in [2.45, 2.75) is 6.92 Å². The van der Waals surface area contributed by atoms with Crippen LogP contribution in [0.25, 0.3) is 0 Å². The van der Waals surface area contributed by atoms with Gasteiger partial charge in [-0.2, -0.15) is 5.10 Å². The minimum absolute atomic E-state index is 0.366. The number of benzene rings is 2. The lowest BCUT2D eigenvalue weighted by Gasteiger charge is -2.09. The second kappa shape index (κ2) is 7.60. The van der Waals surface area contributed by atoms with E-state index in [2.05, 4.69) is 15.5 Å². The number of amidine groups is 1. The summed E-state index contributed by atoms with van der Waals surface area (Å²) in [5.74, 6) is 1.03. The number of hydrazone groups is 1. The molecule has 0 spiro atoms. The van der Waals surface area contributed by atoms with E-state index in [4.69, 9.17) is 28.2 Å². The minimum atomic E-state index is 0.366. The van der Waals surface area contributed by atoms with E-state index in [0.717, 1.165) is 28.2 Å². The van der Waals surface area contributed by atoms with Crippen LogP contribution in [0.15, 0.2) is 63.6 Å². The molecule has 24 heavy (non-hydrogen) atoms. The van der Waals surface area contributed by atoms with Gasteiger partial charge in [-0.05, 0) is 19.1 Å². The van der Waals surface area contributed by atoms with E-state index in [-0.39, 0.29) is 0 Å². The van der Waals surface area contributed by atoms with Crippen molar-refractivity contribution in [1.29, 1.82) is 0 Å². The van der Waals surface area contributed by atoms with Gasteiger partial charge in [-0.1, -0.05) is 48.0 Å². The number of hydrogen-bond acceptors (Lipinski definition) is 4. The van der Waals surface area contributed by atoms with E-state index < -0.39 is 0 Å². The topological polar surface area (TPSA) is 49.1 Å². The van der Waals surface area contributed by atoms with E-state index in [1.165, 1.54) is 0 Å².